The summed E-state index contributed by atoms with van der Waals surface area (Å²) in [7, 11) is 0. The Balaban J connectivity index is 1.76. The van der Waals surface area contributed by atoms with Crippen LogP contribution in [0.25, 0.3) is 6.08 Å². The summed E-state index contributed by atoms with van der Waals surface area (Å²) in [6, 6.07) is 15.2. The van der Waals surface area contributed by atoms with E-state index < -0.39 is 11.0 Å². The molecule has 6 nitrogen and oxygen atoms in total. The lowest BCUT2D eigenvalue weighted by Crippen LogP contribution is -2.42. The lowest BCUT2D eigenvalue weighted by molar-refractivity contribution is -0.384. The maximum absolute atomic E-state index is 13.2. The van der Waals surface area contributed by atoms with Crippen LogP contribution in [-0.4, -0.2) is 22.8 Å². The third-order valence-corrected chi connectivity index (χ3v) is 5.04. The summed E-state index contributed by atoms with van der Waals surface area (Å²) in [4.78, 5) is 25.7. The van der Waals surface area contributed by atoms with Crippen LogP contribution < -0.4 is 4.90 Å². The third-order valence-electron chi connectivity index (χ3n) is 5.04. The first-order valence-corrected chi connectivity index (χ1v) is 8.34. The van der Waals surface area contributed by atoms with E-state index in [1.54, 1.807) is 6.07 Å². The van der Waals surface area contributed by atoms with E-state index in [1.165, 1.54) is 18.2 Å². The molecule has 2 aliphatic heterocycles. The minimum absolute atomic E-state index is 0.110. The molecule has 0 amide bonds. The van der Waals surface area contributed by atoms with Crippen molar-refractivity contribution in [2.75, 3.05) is 4.90 Å². The van der Waals surface area contributed by atoms with E-state index >= 15 is 0 Å². The van der Waals surface area contributed by atoms with Gasteiger partial charge in [-0.25, -0.2) is 0 Å². The first-order valence-electron chi connectivity index (χ1n) is 8.34. The number of hydrogen-bond donors (Lipinski definition) is 0. The predicted octanol–water partition coefficient (Wildman–Crippen LogP) is 3.59. The second-order valence-electron chi connectivity index (χ2n) is 6.47. The molecule has 1 saturated heterocycles. The van der Waals surface area contributed by atoms with Crippen molar-refractivity contribution in [3.8, 4) is 6.07 Å². The number of nitrogens with zero attached hydrogens (tertiary/aromatic N) is 3. The number of benzene rings is 2. The Hall–Kier alpha value is -3.46. The van der Waals surface area contributed by atoms with Gasteiger partial charge in [0.1, 0.15) is 0 Å². The molecular formula is C20H15N3O3. The highest BCUT2D eigenvalue weighted by atomic mass is 16.6. The average molecular weight is 345 g/mol. The number of fused-ring (bicyclic) bond motifs is 3. The van der Waals surface area contributed by atoms with Crippen molar-refractivity contribution >= 4 is 23.2 Å². The van der Waals surface area contributed by atoms with Crippen molar-refractivity contribution in [3.05, 3.63) is 75.8 Å². The number of rotatable bonds is 3. The average Bonchev–Trinajstić information content (AvgIpc) is 3.06. The molecule has 0 bridgehead atoms. The smallest absolute Gasteiger partial charge is 0.270 e. The van der Waals surface area contributed by atoms with E-state index in [4.69, 9.17) is 0 Å². The lowest BCUT2D eigenvalue weighted by Gasteiger charge is -2.34. The standard InChI is InChI=1S/C20H15N3O3/c21-12-15-11-19(20(24)14-5-3-6-16(10-14)23(25)26)22-17-7-2-1-4-13(17)8-9-18(15)22/h1-10,15,18-19H,11H2/t15-,18-,19+/m1/s1. The first kappa shape index (κ1) is 16.0. The highest BCUT2D eigenvalue weighted by Crippen LogP contribution is 2.41. The van der Waals surface area contributed by atoms with Crippen molar-refractivity contribution in [3.63, 3.8) is 0 Å². The van der Waals surface area contributed by atoms with Gasteiger partial charge in [0, 0.05) is 23.4 Å². The van der Waals surface area contributed by atoms with Crippen LogP contribution in [0, 0.1) is 27.4 Å². The van der Waals surface area contributed by atoms with E-state index in [0.717, 1.165) is 11.3 Å². The van der Waals surface area contributed by atoms with Gasteiger partial charge in [0.15, 0.2) is 5.78 Å². The number of nitriles is 1. The van der Waals surface area contributed by atoms with Gasteiger partial charge in [0.2, 0.25) is 0 Å². The summed E-state index contributed by atoms with van der Waals surface area (Å²) in [6.07, 6.45) is 4.36. The van der Waals surface area contributed by atoms with Crippen LogP contribution in [-0.2, 0) is 0 Å². The summed E-state index contributed by atoms with van der Waals surface area (Å²) in [5.74, 6) is -0.492. The van der Waals surface area contributed by atoms with E-state index in [0.29, 0.717) is 12.0 Å². The minimum atomic E-state index is -0.516. The van der Waals surface area contributed by atoms with E-state index in [1.807, 2.05) is 41.3 Å². The molecule has 0 radical (unpaired) electrons. The minimum Gasteiger partial charge on any atom is -0.353 e. The molecule has 1 fully saturated rings. The lowest BCUT2D eigenvalue weighted by atomic mass is 9.96. The van der Waals surface area contributed by atoms with Gasteiger partial charge in [0.05, 0.1) is 29.0 Å². The highest BCUT2D eigenvalue weighted by molar-refractivity contribution is 6.03. The van der Waals surface area contributed by atoms with Crippen molar-refractivity contribution < 1.29 is 9.72 Å². The molecule has 0 aliphatic carbocycles. The van der Waals surface area contributed by atoms with Crippen LogP contribution >= 0.6 is 0 Å². The topological polar surface area (TPSA) is 87.2 Å². The van der Waals surface area contributed by atoms with Gasteiger partial charge in [-0.2, -0.15) is 5.26 Å². The largest absolute Gasteiger partial charge is 0.353 e. The summed E-state index contributed by atoms with van der Waals surface area (Å²) in [5, 5.41) is 20.5. The maximum atomic E-state index is 13.2. The number of nitro benzene ring substituents is 1. The van der Waals surface area contributed by atoms with Crippen molar-refractivity contribution in [1.82, 2.24) is 0 Å². The van der Waals surface area contributed by atoms with Gasteiger partial charge < -0.3 is 4.90 Å². The van der Waals surface area contributed by atoms with Crippen LogP contribution in [0.2, 0.25) is 0 Å². The van der Waals surface area contributed by atoms with Crippen molar-refractivity contribution in [2.24, 2.45) is 5.92 Å². The molecule has 128 valence electrons. The SMILES string of the molecule is N#C[C@H]1C[C@@H](C(=O)c2cccc([N+](=O)[O-])c2)N2c3ccccc3C=C[C@H]12. The molecule has 2 heterocycles. The maximum Gasteiger partial charge on any atom is 0.270 e. The molecule has 4 rings (SSSR count). The summed E-state index contributed by atoms with van der Waals surface area (Å²) >= 11 is 0. The molecular weight excluding hydrogens is 330 g/mol. The molecule has 3 atom stereocenters. The van der Waals surface area contributed by atoms with Crippen LogP contribution in [0.4, 0.5) is 11.4 Å². The van der Waals surface area contributed by atoms with Crippen LogP contribution in [0.5, 0.6) is 0 Å². The normalized spacial score (nSPS) is 23.0. The molecule has 0 unspecified atom stereocenters. The van der Waals surface area contributed by atoms with Crippen LogP contribution in [0.3, 0.4) is 0 Å². The number of carbonyl (C=O) groups is 1. The van der Waals surface area contributed by atoms with Gasteiger partial charge in [-0.1, -0.05) is 42.5 Å². The van der Waals surface area contributed by atoms with Gasteiger partial charge in [-0.05, 0) is 18.1 Å². The zero-order chi connectivity index (χ0) is 18.3. The first-order chi connectivity index (χ1) is 12.6. The molecule has 0 saturated carbocycles. The number of Topliss-reactive ketones (excluding diaryl/α,β-unsaturated/α-hetero) is 1. The molecule has 2 aromatic carbocycles. The Morgan fingerprint density at radius 2 is 2.04 bits per heavy atom. The quantitative estimate of drug-likeness (QED) is 0.482. The van der Waals surface area contributed by atoms with Crippen molar-refractivity contribution in [2.45, 2.75) is 18.5 Å². The zero-order valence-electron chi connectivity index (χ0n) is 13.8. The molecule has 0 aromatic heterocycles. The molecule has 6 heteroatoms. The number of non-ortho nitro benzene ring substituents is 1. The Labute approximate surface area is 150 Å². The number of para-hydroxylation sites is 1. The molecule has 0 N–H and O–H groups in total. The van der Waals surface area contributed by atoms with Gasteiger partial charge in [-0.15, -0.1) is 0 Å². The Morgan fingerprint density at radius 3 is 2.81 bits per heavy atom. The van der Waals surface area contributed by atoms with E-state index in [9.17, 15) is 20.2 Å². The number of nitro groups is 1. The fraction of sp³-hybridized carbons (Fsp3) is 0.200. The van der Waals surface area contributed by atoms with Gasteiger partial charge >= 0.3 is 0 Å². The fourth-order valence-corrected chi connectivity index (χ4v) is 3.84. The van der Waals surface area contributed by atoms with Crippen LogP contribution in [0.15, 0.2) is 54.6 Å². The molecule has 2 aliphatic rings. The molecule has 0 spiro atoms. The van der Waals surface area contributed by atoms with Crippen molar-refractivity contribution in [1.29, 1.82) is 5.26 Å². The summed E-state index contributed by atoms with van der Waals surface area (Å²) < 4.78 is 0. The molecule has 26 heavy (non-hydrogen) atoms. The second-order valence-corrected chi connectivity index (χ2v) is 6.47. The Bertz CT molecular complexity index is 976. The zero-order valence-corrected chi connectivity index (χ0v) is 13.8. The molecule has 2 aromatic rings. The predicted molar refractivity (Wildman–Crippen MR) is 96.7 cm³/mol. The number of ketones is 1. The third kappa shape index (κ3) is 2.45. The Morgan fingerprint density at radius 1 is 1.23 bits per heavy atom. The van der Waals surface area contributed by atoms with Gasteiger partial charge in [0.25, 0.3) is 5.69 Å². The summed E-state index contributed by atoms with van der Waals surface area (Å²) in [6.45, 7) is 0. The number of carbonyl (C=O) groups excluding carboxylic acids is 1. The highest BCUT2D eigenvalue weighted by Gasteiger charge is 2.45. The van der Waals surface area contributed by atoms with E-state index in [-0.39, 0.29) is 23.4 Å². The number of anilines is 1. The second kappa shape index (κ2) is 6.12. The summed E-state index contributed by atoms with van der Waals surface area (Å²) in [5.41, 5.74) is 2.11. The fourth-order valence-electron chi connectivity index (χ4n) is 3.84. The van der Waals surface area contributed by atoms with E-state index in [2.05, 4.69) is 6.07 Å². The van der Waals surface area contributed by atoms with Gasteiger partial charge in [-0.3, -0.25) is 14.9 Å². The van der Waals surface area contributed by atoms with Crippen LogP contribution in [0.1, 0.15) is 22.3 Å². The monoisotopic (exact) mass is 345 g/mol. The number of hydrogen-bond acceptors (Lipinski definition) is 5. The Kier molecular flexibility index (Phi) is 3.77.